The molecule has 2 fully saturated rings. The van der Waals surface area contributed by atoms with Crippen LogP contribution in [0.4, 0.5) is 23.7 Å². The lowest BCUT2D eigenvalue weighted by atomic mass is 9.84. The number of hydrogen-bond donors (Lipinski definition) is 2. The molecule has 6 nitrogen and oxygen atoms in total. The number of rotatable bonds is 5. The van der Waals surface area contributed by atoms with E-state index in [1.54, 1.807) is 0 Å². The van der Waals surface area contributed by atoms with Gasteiger partial charge in [-0.25, -0.2) is 4.79 Å². The van der Waals surface area contributed by atoms with Crippen molar-refractivity contribution in [1.29, 1.82) is 5.26 Å². The molecule has 1 aromatic carbocycles. The maximum Gasteiger partial charge on any atom is 0.416 e. The molecule has 1 aliphatic heterocycles. The van der Waals surface area contributed by atoms with Crippen LogP contribution < -0.4 is 10.2 Å². The van der Waals surface area contributed by atoms with Gasteiger partial charge in [-0.2, -0.15) is 18.4 Å². The van der Waals surface area contributed by atoms with Gasteiger partial charge < -0.3 is 15.3 Å². The molecule has 2 N–H and O–H groups in total. The van der Waals surface area contributed by atoms with E-state index in [1.807, 2.05) is 11.0 Å². The van der Waals surface area contributed by atoms with E-state index in [2.05, 4.69) is 10.2 Å². The lowest BCUT2D eigenvalue weighted by Gasteiger charge is -2.37. The molecule has 1 heterocycles. The van der Waals surface area contributed by atoms with Crippen LogP contribution in [0.1, 0.15) is 43.2 Å². The number of nitriles is 1. The smallest absolute Gasteiger partial charge is 0.416 e. The molecular weight excluding hydrogens is 397 g/mol. The van der Waals surface area contributed by atoms with E-state index < -0.39 is 17.8 Å². The van der Waals surface area contributed by atoms with Crippen LogP contribution >= 0.6 is 0 Å². The van der Waals surface area contributed by atoms with Crippen LogP contribution in [0.5, 0.6) is 0 Å². The Morgan fingerprint density at radius 1 is 1.13 bits per heavy atom. The third-order valence-electron chi connectivity index (χ3n) is 6.14. The highest BCUT2D eigenvalue weighted by atomic mass is 19.4. The minimum atomic E-state index is -4.47. The number of benzene rings is 1. The first-order valence-electron chi connectivity index (χ1n) is 10.3. The molecule has 30 heavy (non-hydrogen) atoms. The number of hydrogen-bond acceptors (Lipinski definition) is 4. The molecule has 1 aliphatic carbocycles. The van der Waals surface area contributed by atoms with Gasteiger partial charge in [0.1, 0.15) is 0 Å². The summed E-state index contributed by atoms with van der Waals surface area (Å²) in [4.78, 5) is 15.0. The second kappa shape index (κ2) is 9.56. The van der Waals surface area contributed by atoms with Crippen molar-refractivity contribution in [2.24, 2.45) is 5.92 Å². The van der Waals surface area contributed by atoms with Crippen LogP contribution in [0.3, 0.4) is 0 Å². The van der Waals surface area contributed by atoms with Crippen LogP contribution in [-0.2, 0) is 6.18 Å². The van der Waals surface area contributed by atoms with E-state index in [1.165, 1.54) is 6.07 Å². The van der Waals surface area contributed by atoms with Gasteiger partial charge in [0, 0.05) is 37.9 Å². The van der Waals surface area contributed by atoms with Crippen LogP contribution in [0.25, 0.3) is 0 Å². The number of piperazine rings is 1. The average Bonchev–Trinajstić information content (AvgIpc) is 2.72. The number of alkyl halides is 3. The number of nitrogens with one attached hydrogen (secondary N) is 1. The Morgan fingerprint density at radius 2 is 1.80 bits per heavy atom. The van der Waals surface area contributed by atoms with E-state index in [0.29, 0.717) is 24.7 Å². The summed E-state index contributed by atoms with van der Waals surface area (Å²) in [6.07, 6.45) is -0.579. The van der Waals surface area contributed by atoms with Gasteiger partial charge in [0.15, 0.2) is 0 Å². The fourth-order valence-electron chi connectivity index (χ4n) is 4.39. The third kappa shape index (κ3) is 6.02. The Morgan fingerprint density at radius 3 is 2.37 bits per heavy atom. The first kappa shape index (κ1) is 22.2. The Balaban J connectivity index is 1.47. The number of carbonyl (C=O) groups is 1. The molecule has 1 saturated heterocycles. The second-order valence-electron chi connectivity index (χ2n) is 8.16. The second-order valence-corrected chi connectivity index (χ2v) is 8.16. The van der Waals surface area contributed by atoms with Gasteiger partial charge in [-0.15, -0.1) is 0 Å². The number of amides is 1. The van der Waals surface area contributed by atoms with E-state index in [4.69, 9.17) is 10.4 Å². The maximum absolute atomic E-state index is 13.1. The van der Waals surface area contributed by atoms with E-state index in [0.717, 1.165) is 63.9 Å². The molecule has 1 aromatic rings. The van der Waals surface area contributed by atoms with Crippen molar-refractivity contribution in [3.05, 3.63) is 29.3 Å². The van der Waals surface area contributed by atoms with Gasteiger partial charge in [0.2, 0.25) is 0 Å². The summed E-state index contributed by atoms with van der Waals surface area (Å²) in [5, 5.41) is 20.4. The Kier molecular flexibility index (Phi) is 7.08. The van der Waals surface area contributed by atoms with Crippen LogP contribution in [0, 0.1) is 17.2 Å². The van der Waals surface area contributed by atoms with Gasteiger partial charge in [0.25, 0.3) is 0 Å². The topological polar surface area (TPSA) is 79.6 Å². The molecule has 1 amide bonds. The van der Waals surface area contributed by atoms with Crippen molar-refractivity contribution in [1.82, 2.24) is 10.2 Å². The highest BCUT2D eigenvalue weighted by Gasteiger charge is 2.32. The van der Waals surface area contributed by atoms with Crippen molar-refractivity contribution in [3.63, 3.8) is 0 Å². The summed E-state index contributed by atoms with van der Waals surface area (Å²) in [5.41, 5.74) is -0.313. The molecule has 0 bridgehead atoms. The van der Waals surface area contributed by atoms with E-state index in [9.17, 15) is 18.0 Å². The summed E-state index contributed by atoms with van der Waals surface area (Å²) in [5.74, 6) is 0.594. The average molecular weight is 424 g/mol. The predicted octanol–water partition coefficient (Wildman–Crippen LogP) is 3.92. The van der Waals surface area contributed by atoms with Gasteiger partial charge in [-0.1, -0.05) is 0 Å². The number of anilines is 1. The lowest BCUT2D eigenvalue weighted by Crippen LogP contribution is -2.47. The molecule has 0 spiro atoms. The van der Waals surface area contributed by atoms with Crippen LogP contribution in [-0.4, -0.2) is 54.9 Å². The minimum absolute atomic E-state index is 0.0234. The molecule has 0 atom stereocenters. The molecular formula is C21H27F3N4O2. The number of halogens is 3. The largest absolute Gasteiger partial charge is 0.465 e. The fourth-order valence-corrected chi connectivity index (χ4v) is 4.39. The van der Waals surface area contributed by atoms with Gasteiger partial charge in [-0.3, -0.25) is 4.90 Å². The maximum atomic E-state index is 13.1. The summed E-state index contributed by atoms with van der Waals surface area (Å²) in [6.45, 7) is 3.74. The first-order chi connectivity index (χ1) is 14.2. The van der Waals surface area contributed by atoms with Gasteiger partial charge in [0.05, 0.1) is 17.2 Å². The van der Waals surface area contributed by atoms with Crippen molar-refractivity contribution < 1.29 is 23.1 Å². The predicted molar refractivity (Wildman–Crippen MR) is 106 cm³/mol. The first-order valence-corrected chi connectivity index (χ1v) is 10.3. The number of carboxylic acid groups (broad SMARTS) is 1. The summed E-state index contributed by atoms with van der Waals surface area (Å²) in [7, 11) is 0. The Hall–Kier alpha value is -2.47. The van der Waals surface area contributed by atoms with Crippen molar-refractivity contribution >= 4 is 11.8 Å². The quantitative estimate of drug-likeness (QED) is 0.749. The van der Waals surface area contributed by atoms with Gasteiger partial charge in [-0.05, 0) is 62.8 Å². The highest BCUT2D eigenvalue weighted by Crippen LogP contribution is 2.33. The normalized spacial score (nSPS) is 23.1. The standard InChI is InChI=1S/C21H27F3N4O2/c22-21(23,24)17-11-16(14-25)12-19(13-17)28-9-7-27(8-10-28)6-5-15-1-3-18(4-2-15)26-20(29)30/h11-13,15,18,26H,1-10H2,(H,29,30)/t15-,18-. The van der Waals surface area contributed by atoms with Crippen molar-refractivity contribution in [3.8, 4) is 6.07 Å². The Bertz CT molecular complexity index is 777. The molecule has 0 aromatic heterocycles. The van der Waals surface area contributed by atoms with Crippen molar-refractivity contribution in [2.45, 2.75) is 44.3 Å². The van der Waals surface area contributed by atoms with E-state index in [-0.39, 0.29) is 11.6 Å². The minimum Gasteiger partial charge on any atom is -0.465 e. The van der Waals surface area contributed by atoms with Crippen LogP contribution in [0.15, 0.2) is 18.2 Å². The molecule has 0 radical (unpaired) electrons. The van der Waals surface area contributed by atoms with Crippen LogP contribution in [0.2, 0.25) is 0 Å². The summed E-state index contributed by atoms with van der Waals surface area (Å²) >= 11 is 0. The summed E-state index contributed by atoms with van der Waals surface area (Å²) < 4.78 is 39.3. The number of nitrogens with zero attached hydrogens (tertiary/aromatic N) is 3. The lowest BCUT2D eigenvalue weighted by molar-refractivity contribution is -0.137. The molecule has 9 heteroatoms. The third-order valence-corrected chi connectivity index (χ3v) is 6.14. The molecule has 0 unspecified atom stereocenters. The highest BCUT2D eigenvalue weighted by molar-refractivity contribution is 5.64. The fraction of sp³-hybridized carbons (Fsp3) is 0.619. The zero-order valence-electron chi connectivity index (χ0n) is 16.8. The van der Waals surface area contributed by atoms with E-state index >= 15 is 0 Å². The zero-order valence-corrected chi connectivity index (χ0v) is 16.8. The monoisotopic (exact) mass is 424 g/mol. The molecule has 2 aliphatic rings. The Labute approximate surface area is 174 Å². The summed E-state index contributed by atoms with van der Waals surface area (Å²) in [6, 6.07) is 5.42. The molecule has 1 saturated carbocycles. The molecule has 164 valence electrons. The SMILES string of the molecule is N#Cc1cc(N2CCN(CC[C@H]3CC[C@H](NC(=O)O)CC3)CC2)cc(C(F)(F)F)c1. The zero-order chi connectivity index (χ0) is 21.7. The molecule has 3 rings (SSSR count). The van der Waals surface area contributed by atoms with Gasteiger partial charge >= 0.3 is 12.3 Å². The van der Waals surface area contributed by atoms with Crippen molar-refractivity contribution in [2.75, 3.05) is 37.6 Å².